The largest absolute Gasteiger partial charge is 0.283 e. The van der Waals surface area contributed by atoms with Crippen LogP contribution in [0, 0.1) is 10.6 Å². The number of H-pyrrole nitrogens is 1. The quantitative estimate of drug-likeness (QED) is 0.792. The average Bonchev–Trinajstić information content (AvgIpc) is 2.50. The SMILES string of the molecule is Cn1[nH]c(Cc2ccc(F)cc2)nc1=S. The molecule has 1 aromatic carbocycles. The van der Waals surface area contributed by atoms with Crippen LogP contribution in [0.1, 0.15) is 11.4 Å². The predicted octanol–water partition coefficient (Wildman–Crippen LogP) is 2.21. The van der Waals surface area contributed by atoms with Gasteiger partial charge in [-0.15, -0.1) is 0 Å². The van der Waals surface area contributed by atoms with Gasteiger partial charge in [0.2, 0.25) is 4.77 Å². The lowest BCUT2D eigenvalue weighted by Gasteiger charge is -1.97. The molecule has 0 aliphatic carbocycles. The van der Waals surface area contributed by atoms with Crippen LogP contribution in [0.2, 0.25) is 0 Å². The number of hydrogen-bond donors (Lipinski definition) is 1. The van der Waals surface area contributed by atoms with Crippen molar-refractivity contribution < 1.29 is 4.39 Å². The Hall–Kier alpha value is -1.49. The molecule has 0 fully saturated rings. The minimum Gasteiger partial charge on any atom is -0.283 e. The third-order valence-electron chi connectivity index (χ3n) is 2.10. The zero-order valence-electron chi connectivity index (χ0n) is 8.20. The smallest absolute Gasteiger partial charge is 0.215 e. The summed E-state index contributed by atoms with van der Waals surface area (Å²) in [5.74, 6) is 0.557. The molecule has 0 atom stereocenters. The van der Waals surface area contributed by atoms with Crippen molar-refractivity contribution in [3.63, 3.8) is 0 Å². The number of aromatic amines is 1. The highest BCUT2D eigenvalue weighted by atomic mass is 32.1. The van der Waals surface area contributed by atoms with Gasteiger partial charge in [-0.25, -0.2) is 9.37 Å². The van der Waals surface area contributed by atoms with Crippen LogP contribution in [0.5, 0.6) is 0 Å². The van der Waals surface area contributed by atoms with Crippen LogP contribution in [0.15, 0.2) is 24.3 Å². The van der Waals surface area contributed by atoms with Crippen molar-refractivity contribution in [2.45, 2.75) is 6.42 Å². The lowest BCUT2D eigenvalue weighted by molar-refractivity contribution is 0.627. The fourth-order valence-corrected chi connectivity index (χ4v) is 1.49. The first-order valence-electron chi connectivity index (χ1n) is 4.51. The van der Waals surface area contributed by atoms with Crippen molar-refractivity contribution in [3.05, 3.63) is 46.2 Å². The molecule has 78 valence electrons. The Morgan fingerprint density at radius 2 is 2.07 bits per heavy atom. The van der Waals surface area contributed by atoms with E-state index in [9.17, 15) is 4.39 Å². The summed E-state index contributed by atoms with van der Waals surface area (Å²) in [5, 5.41) is 3.02. The minimum absolute atomic E-state index is 0.229. The van der Waals surface area contributed by atoms with Crippen LogP contribution >= 0.6 is 12.2 Å². The van der Waals surface area contributed by atoms with Crippen LogP contribution in [0.25, 0.3) is 0 Å². The Morgan fingerprint density at radius 3 is 2.60 bits per heavy atom. The maximum Gasteiger partial charge on any atom is 0.215 e. The Morgan fingerprint density at radius 1 is 1.40 bits per heavy atom. The molecular weight excluding hydrogens is 213 g/mol. The van der Waals surface area contributed by atoms with Gasteiger partial charge in [-0.05, 0) is 29.9 Å². The first kappa shape index (κ1) is 10.0. The number of aromatic nitrogens is 3. The van der Waals surface area contributed by atoms with Crippen LogP contribution in [-0.4, -0.2) is 14.8 Å². The van der Waals surface area contributed by atoms with E-state index in [1.807, 2.05) is 7.05 Å². The summed E-state index contributed by atoms with van der Waals surface area (Å²) < 4.78 is 14.8. The topological polar surface area (TPSA) is 33.6 Å². The van der Waals surface area contributed by atoms with Crippen molar-refractivity contribution in [2.24, 2.45) is 7.05 Å². The first-order chi connectivity index (χ1) is 7.15. The minimum atomic E-state index is -0.229. The molecular formula is C10H10FN3S. The number of hydrogen-bond acceptors (Lipinski definition) is 2. The fraction of sp³-hybridized carbons (Fsp3) is 0.200. The van der Waals surface area contributed by atoms with Crippen molar-refractivity contribution >= 4 is 12.2 Å². The number of aryl methyl sites for hydroxylation is 1. The molecule has 2 aromatic rings. The van der Waals surface area contributed by atoms with Crippen molar-refractivity contribution in [3.8, 4) is 0 Å². The van der Waals surface area contributed by atoms with Gasteiger partial charge >= 0.3 is 0 Å². The average molecular weight is 223 g/mol. The standard InChI is InChI=1S/C10H10FN3S/c1-14-10(15)12-9(13-14)6-7-2-4-8(11)5-3-7/h2-5H,6H2,1H3,(H,12,13,15). The highest BCUT2D eigenvalue weighted by Gasteiger charge is 2.01. The monoisotopic (exact) mass is 223 g/mol. The van der Waals surface area contributed by atoms with Gasteiger partial charge in [0.1, 0.15) is 11.6 Å². The van der Waals surface area contributed by atoms with E-state index in [1.165, 1.54) is 12.1 Å². The van der Waals surface area contributed by atoms with Gasteiger partial charge in [0.05, 0.1) is 0 Å². The first-order valence-corrected chi connectivity index (χ1v) is 4.92. The Kier molecular flexibility index (Phi) is 2.64. The summed E-state index contributed by atoms with van der Waals surface area (Å²) in [6.45, 7) is 0. The summed E-state index contributed by atoms with van der Waals surface area (Å²) >= 11 is 4.97. The number of rotatable bonds is 2. The van der Waals surface area contributed by atoms with E-state index in [-0.39, 0.29) is 5.82 Å². The van der Waals surface area contributed by atoms with Gasteiger partial charge in [-0.2, -0.15) is 0 Å². The van der Waals surface area contributed by atoms with Gasteiger partial charge in [0.15, 0.2) is 0 Å². The predicted molar refractivity (Wildman–Crippen MR) is 57.6 cm³/mol. The normalized spacial score (nSPS) is 10.5. The second kappa shape index (κ2) is 3.94. The van der Waals surface area contributed by atoms with E-state index in [2.05, 4.69) is 10.1 Å². The van der Waals surface area contributed by atoms with Crippen LogP contribution < -0.4 is 0 Å². The summed E-state index contributed by atoms with van der Waals surface area (Å²) in [6.07, 6.45) is 0.630. The van der Waals surface area contributed by atoms with Gasteiger partial charge in [0.25, 0.3) is 0 Å². The molecule has 0 aliphatic heterocycles. The molecule has 2 rings (SSSR count). The molecule has 0 amide bonds. The highest BCUT2D eigenvalue weighted by molar-refractivity contribution is 7.71. The van der Waals surface area contributed by atoms with Gasteiger partial charge < -0.3 is 0 Å². The summed E-state index contributed by atoms with van der Waals surface area (Å²) in [5.41, 5.74) is 1.00. The number of nitrogens with zero attached hydrogens (tertiary/aromatic N) is 2. The molecule has 0 saturated carbocycles. The fourth-order valence-electron chi connectivity index (χ4n) is 1.33. The molecule has 0 radical (unpaired) electrons. The maximum absolute atomic E-state index is 12.6. The van der Waals surface area contributed by atoms with Crippen molar-refractivity contribution in [2.75, 3.05) is 0 Å². The zero-order valence-corrected chi connectivity index (χ0v) is 9.01. The lowest BCUT2D eigenvalue weighted by Crippen LogP contribution is -1.94. The summed E-state index contributed by atoms with van der Waals surface area (Å²) in [4.78, 5) is 4.16. The van der Waals surface area contributed by atoms with E-state index in [4.69, 9.17) is 12.2 Å². The molecule has 3 nitrogen and oxygen atoms in total. The molecule has 0 aliphatic rings. The molecule has 0 unspecified atom stereocenters. The molecule has 0 saturated heterocycles. The molecule has 1 aromatic heterocycles. The van der Waals surface area contributed by atoms with E-state index < -0.39 is 0 Å². The van der Waals surface area contributed by atoms with E-state index >= 15 is 0 Å². The molecule has 0 spiro atoms. The van der Waals surface area contributed by atoms with E-state index in [0.29, 0.717) is 11.2 Å². The Bertz CT molecular complexity index is 512. The third-order valence-corrected chi connectivity index (χ3v) is 2.46. The van der Waals surface area contributed by atoms with Crippen LogP contribution in [0.3, 0.4) is 0 Å². The zero-order chi connectivity index (χ0) is 10.8. The van der Waals surface area contributed by atoms with Gasteiger partial charge in [-0.3, -0.25) is 9.78 Å². The van der Waals surface area contributed by atoms with Crippen LogP contribution in [0.4, 0.5) is 4.39 Å². The maximum atomic E-state index is 12.6. The van der Waals surface area contributed by atoms with E-state index in [1.54, 1.807) is 16.8 Å². The number of halogens is 1. The van der Waals surface area contributed by atoms with E-state index in [0.717, 1.165) is 11.4 Å². The lowest BCUT2D eigenvalue weighted by atomic mass is 10.1. The third kappa shape index (κ3) is 2.30. The second-order valence-electron chi connectivity index (χ2n) is 3.32. The second-order valence-corrected chi connectivity index (χ2v) is 3.68. The summed E-state index contributed by atoms with van der Waals surface area (Å²) in [7, 11) is 1.81. The summed E-state index contributed by atoms with van der Waals surface area (Å²) in [6, 6.07) is 6.35. The Labute approximate surface area is 91.6 Å². The molecule has 1 N–H and O–H groups in total. The van der Waals surface area contributed by atoms with Crippen LogP contribution in [-0.2, 0) is 13.5 Å². The van der Waals surface area contributed by atoms with Crippen molar-refractivity contribution in [1.29, 1.82) is 0 Å². The van der Waals surface area contributed by atoms with Crippen molar-refractivity contribution in [1.82, 2.24) is 14.8 Å². The molecule has 1 heterocycles. The number of nitrogens with one attached hydrogen (secondary N) is 1. The highest BCUT2D eigenvalue weighted by Crippen LogP contribution is 2.06. The van der Waals surface area contributed by atoms with Gasteiger partial charge in [-0.1, -0.05) is 12.1 Å². The Balaban J connectivity index is 2.22. The van der Waals surface area contributed by atoms with Gasteiger partial charge in [0, 0.05) is 13.5 Å². The number of benzene rings is 1. The molecule has 15 heavy (non-hydrogen) atoms. The molecule has 0 bridgehead atoms. The molecule has 5 heteroatoms.